The molecule has 9 N–H and O–H groups in total. The Balaban J connectivity index is 1.52. The van der Waals surface area contributed by atoms with Gasteiger partial charge in [-0.3, -0.25) is 29.0 Å². The van der Waals surface area contributed by atoms with Crippen molar-refractivity contribution in [1.82, 2.24) is 36.6 Å². The number of carbonyl (C=O) groups is 7. The molecule has 81 heavy (non-hydrogen) atoms. The number of amides is 6. The Morgan fingerprint density at radius 2 is 1.12 bits per heavy atom. The molecule has 4 aromatic rings. The number of esters is 1. The van der Waals surface area contributed by atoms with Gasteiger partial charge in [-0.25, -0.2) is 22.7 Å². The van der Waals surface area contributed by atoms with E-state index in [9.17, 15) is 42.0 Å². The third-order valence-electron chi connectivity index (χ3n) is 12.8. The maximum absolute atomic E-state index is 14.5. The minimum absolute atomic E-state index is 0.0197. The van der Waals surface area contributed by atoms with Crippen LogP contribution in [0.5, 0.6) is 0 Å². The van der Waals surface area contributed by atoms with Gasteiger partial charge >= 0.3 is 12.1 Å². The van der Waals surface area contributed by atoms with E-state index in [4.69, 9.17) is 19.9 Å². The molecule has 8 atom stereocenters. The van der Waals surface area contributed by atoms with Gasteiger partial charge in [0.15, 0.2) is 0 Å². The first kappa shape index (κ1) is 65.7. The molecule has 6 amide bonds. The van der Waals surface area contributed by atoms with Gasteiger partial charge in [0.05, 0.1) is 17.6 Å². The van der Waals surface area contributed by atoms with E-state index in [-0.39, 0.29) is 49.8 Å². The Bertz CT molecular complexity index is 2830. The Labute approximate surface area is 476 Å². The fraction of sp³-hybridized carbons (Fsp3) is 0.458. The van der Waals surface area contributed by atoms with Crippen LogP contribution in [0.3, 0.4) is 0 Å². The van der Waals surface area contributed by atoms with Crippen LogP contribution >= 0.6 is 0 Å². The zero-order valence-electron chi connectivity index (χ0n) is 47.9. The number of aryl methyl sites for hydroxylation is 1. The van der Waals surface area contributed by atoms with E-state index >= 15 is 0 Å². The first-order chi connectivity index (χ1) is 38.3. The molecule has 22 heteroatoms. The number of nitrogens with zero attached hydrogens (tertiary/aromatic N) is 1. The molecule has 0 saturated carbocycles. The molecule has 0 saturated heterocycles. The zero-order chi connectivity index (χ0) is 59.9. The predicted octanol–water partition coefficient (Wildman–Crippen LogP) is 5.00. The Morgan fingerprint density at radius 1 is 0.605 bits per heavy atom. The lowest BCUT2D eigenvalue weighted by Crippen LogP contribution is -2.62. The second-order valence-electron chi connectivity index (χ2n) is 21.2. The number of sulfonamides is 1. The van der Waals surface area contributed by atoms with Gasteiger partial charge in [-0.05, 0) is 95.0 Å². The molecule has 0 spiro atoms. The third-order valence-corrected chi connectivity index (χ3v) is 14.2. The molecule has 0 aliphatic rings. The first-order valence-electron chi connectivity index (χ1n) is 27.1. The van der Waals surface area contributed by atoms with Crippen molar-refractivity contribution >= 4 is 57.6 Å². The lowest BCUT2D eigenvalue weighted by molar-refractivity contribution is -0.151. The zero-order valence-corrected chi connectivity index (χ0v) is 48.8. The highest BCUT2D eigenvalue weighted by Gasteiger charge is 2.37. The fourth-order valence-electron chi connectivity index (χ4n) is 7.95. The molecule has 4 rings (SSSR count). The van der Waals surface area contributed by atoms with Crippen molar-refractivity contribution < 1.29 is 56.2 Å². The normalized spacial score (nSPS) is 14.7. The largest absolute Gasteiger partial charge is 0.459 e. The fourth-order valence-corrected chi connectivity index (χ4v) is 8.90. The molecule has 4 aromatic carbocycles. The quantitative estimate of drug-likeness (QED) is 0.0154. The number of hydrogen-bond donors (Lipinski definition) is 8. The number of benzene rings is 4. The lowest BCUT2D eigenvalue weighted by Gasteiger charge is -2.31. The van der Waals surface area contributed by atoms with Crippen molar-refractivity contribution in [1.29, 1.82) is 0 Å². The van der Waals surface area contributed by atoms with Crippen LogP contribution in [0.1, 0.15) is 104 Å². The molecule has 0 unspecified atom stereocenters. The number of hydrogen-bond acceptors (Lipinski definition) is 13. The number of aliphatic imine (C=N–C) groups is 1. The highest BCUT2D eigenvalue weighted by Crippen LogP contribution is 2.16. The summed E-state index contributed by atoms with van der Waals surface area (Å²) >= 11 is 0. The van der Waals surface area contributed by atoms with Gasteiger partial charge in [0.25, 0.3) is 10.0 Å². The van der Waals surface area contributed by atoms with Crippen molar-refractivity contribution in [3.8, 4) is 0 Å². The molecule has 0 aliphatic carbocycles. The van der Waals surface area contributed by atoms with E-state index in [1.807, 2.05) is 74.5 Å². The number of nitrogens with one attached hydrogen (secondary N) is 7. The third kappa shape index (κ3) is 22.7. The average Bonchev–Trinajstić information content (AvgIpc) is 3.44. The number of rotatable bonds is 29. The van der Waals surface area contributed by atoms with Crippen LogP contribution in [0.4, 0.5) is 4.79 Å². The van der Waals surface area contributed by atoms with Gasteiger partial charge in [-0.15, -0.1) is 0 Å². The Kier molecular flexibility index (Phi) is 25.8. The van der Waals surface area contributed by atoms with Gasteiger partial charge in [0.1, 0.15) is 48.5 Å². The van der Waals surface area contributed by atoms with Gasteiger partial charge < -0.3 is 51.8 Å². The second kappa shape index (κ2) is 31.8. The summed E-state index contributed by atoms with van der Waals surface area (Å²) in [6.45, 7) is 16.8. The summed E-state index contributed by atoms with van der Waals surface area (Å²) in [5.41, 5.74) is 8.04. The van der Waals surface area contributed by atoms with Crippen LogP contribution in [-0.4, -0.2) is 110 Å². The van der Waals surface area contributed by atoms with Crippen LogP contribution in [-0.2, 0) is 72.6 Å². The van der Waals surface area contributed by atoms with E-state index in [1.54, 1.807) is 90.9 Å². The maximum atomic E-state index is 14.5. The summed E-state index contributed by atoms with van der Waals surface area (Å²) in [5, 5.41) is 16.2. The number of carbonyl (C=O) groups excluding carboxylic acids is 7. The molecule has 0 aromatic heterocycles. The highest BCUT2D eigenvalue weighted by molar-refractivity contribution is 7.90. The molecular formula is C59H81N9O12S. The molecule has 440 valence electrons. The monoisotopic (exact) mass is 1140 g/mol. The molecule has 0 bridgehead atoms. The lowest BCUT2D eigenvalue weighted by atomic mass is 9.97. The Hall–Kier alpha value is -7.85. The second-order valence-corrected chi connectivity index (χ2v) is 22.9. The standard InChI is InChI=1S/C59H81N9O12S/c1-11-39(5)49(56(74)79-36-44-26-19-14-20-27-44)66-55(73)50(41(7)78-35-43-24-17-13-18-25-43)67-54(72)48(37(2)3)65-53(71)47(34-42-22-15-12-16-23-42)63-51(69)40(6)62-52(70)46(64-58(75)80-59(8,9)10)28-21-33-61-57(60)68-81(76,77)45-31-29-38(4)30-32-45/h12-20,22-27,29-32,37,39-41,46-50H,11,21,28,33-36H2,1-10H3,(H,62,70)(H,63,69)(H,64,75)(H,65,71)(H,66,73)(H,67,72)(H3,60,61,68)/t39-,40-,41+,46-,47-,48-,49-,50-/m0/s1. The van der Waals surface area contributed by atoms with Crippen molar-refractivity contribution in [3.05, 3.63) is 138 Å². The maximum Gasteiger partial charge on any atom is 0.408 e. The van der Waals surface area contributed by atoms with Crippen molar-refractivity contribution in [2.45, 2.75) is 161 Å². The number of guanidine groups is 1. The molecule has 0 fully saturated rings. The van der Waals surface area contributed by atoms with Gasteiger partial charge in [-0.2, -0.15) is 0 Å². The predicted molar refractivity (Wildman–Crippen MR) is 307 cm³/mol. The minimum atomic E-state index is -4.03. The van der Waals surface area contributed by atoms with Crippen LogP contribution in [0.2, 0.25) is 0 Å². The first-order valence-corrected chi connectivity index (χ1v) is 28.6. The summed E-state index contributed by atoms with van der Waals surface area (Å²) in [7, 11) is -4.03. The smallest absolute Gasteiger partial charge is 0.408 e. The van der Waals surface area contributed by atoms with Crippen LogP contribution < -0.4 is 42.4 Å². The van der Waals surface area contributed by atoms with E-state index in [0.29, 0.717) is 12.0 Å². The Morgan fingerprint density at radius 3 is 1.68 bits per heavy atom. The van der Waals surface area contributed by atoms with Crippen LogP contribution in [0.15, 0.2) is 125 Å². The molecule has 0 radical (unpaired) electrons. The van der Waals surface area contributed by atoms with Gasteiger partial charge in [-0.1, -0.05) is 143 Å². The van der Waals surface area contributed by atoms with Gasteiger partial charge in [0, 0.05) is 13.0 Å². The molecule has 0 aliphatic heterocycles. The van der Waals surface area contributed by atoms with Crippen molar-refractivity contribution in [2.75, 3.05) is 6.54 Å². The minimum Gasteiger partial charge on any atom is -0.459 e. The van der Waals surface area contributed by atoms with Crippen LogP contribution in [0, 0.1) is 18.8 Å². The van der Waals surface area contributed by atoms with Crippen molar-refractivity contribution in [2.24, 2.45) is 22.6 Å². The SMILES string of the molecule is CC[C@H](C)[C@H](NC(=O)[C@@H](NC(=O)[C@@H](NC(=O)[C@H](Cc1ccccc1)NC(=O)[C@H](C)NC(=O)[C@H](CCCN=C(N)NS(=O)(=O)c1ccc(C)cc1)NC(=O)OC(C)(C)C)C(C)C)[C@@H](C)OCc1ccccc1)C(=O)OCc1ccccc1. The van der Waals surface area contributed by atoms with E-state index in [0.717, 1.165) is 16.7 Å². The highest BCUT2D eigenvalue weighted by atomic mass is 32.2. The number of ether oxygens (including phenoxy) is 3. The summed E-state index contributed by atoms with van der Waals surface area (Å²) in [5.74, 6) is -5.85. The summed E-state index contributed by atoms with van der Waals surface area (Å²) < 4.78 is 45.1. The molecule has 0 heterocycles. The molecular weight excluding hydrogens is 1060 g/mol. The summed E-state index contributed by atoms with van der Waals surface area (Å²) in [6.07, 6.45) is -1.39. The number of nitrogens with two attached hydrogens (primary N) is 1. The number of alkyl carbamates (subject to hydrolysis) is 1. The average molecular weight is 1140 g/mol. The van der Waals surface area contributed by atoms with E-state index < -0.39 is 111 Å². The van der Waals surface area contributed by atoms with Crippen molar-refractivity contribution in [3.63, 3.8) is 0 Å². The topological polar surface area (TPSA) is 304 Å². The van der Waals surface area contributed by atoms with Gasteiger partial charge in [0.2, 0.25) is 35.5 Å². The van der Waals surface area contributed by atoms with Crippen LogP contribution in [0.25, 0.3) is 0 Å². The van der Waals surface area contributed by atoms with E-state index in [2.05, 4.69) is 41.6 Å². The molecule has 21 nitrogen and oxygen atoms in total. The summed E-state index contributed by atoms with van der Waals surface area (Å²) in [4.78, 5) is 102. The summed E-state index contributed by atoms with van der Waals surface area (Å²) in [6, 6.07) is 25.5. The van der Waals surface area contributed by atoms with E-state index in [1.165, 1.54) is 19.1 Å².